The number of nitrogens with zero attached hydrogens (tertiary/aromatic N) is 4. The molecule has 2 N–H and O–H groups in total. The van der Waals surface area contributed by atoms with Gasteiger partial charge in [0, 0.05) is 43.3 Å². The summed E-state index contributed by atoms with van der Waals surface area (Å²) in [6, 6.07) is 17.4. The molecule has 0 radical (unpaired) electrons. The van der Waals surface area contributed by atoms with Gasteiger partial charge in [-0.1, -0.05) is 63.2 Å². The van der Waals surface area contributed by atoms with E-state index >= 15 is 0 Å². The molecule has 2 amide bonds. The first-order chi connectivity index (χ1) is 18.6. The number of hydrogen-bond donors (Lipinski definition) is 2. The normalized spacial score (nSPS) is 17.4. The smallest absolute Gasteiger partial charge is 0.262 e. The lowest BCUT2D eigenvalue weighted by Crippen LogP contribution is -2.44. The number of aromatic nitrogens is 3. The van der Waals surface area contributed by atoms with Crippen LogP contribution < -0.4 is 10.2 Å². The summed E-state index contributed by atoms with van der Waals surface area (Å²) in [5.41, 5.74) is 4.23. The van der Waals surface area contributed by atoms with Crippen molar-refractivity contribution in [2.45, 2.75) is 50.8 Å². The lowest BCUT2D eigenvalue weighted by atomic mass is 9.87. The van der Waals surface area contributed by atoms with Gasteiger partial charge in [-0.05, 0) is 40.3 Å². The zero-order chi connectivity index (χ0) is 27.7. The van der Waals surface area contributed by atoms with E-state index in [1.54, 1.807) is 42.5 Å². The average Bonchev–Trinajstić information content (AvgIpc) is 3.50. The van der Waals surface area contributed by atoms with E-state index in [4.69, 9.17) is 0 Å². The number of benzene rings is 2. The molecule has 2 heterocycles. The molecule has 1 aliphatic carbocycles. The Morgan fingerprint density at radius 1 is 1.03 bits per heavy atom. The lowest BCUT2D eigenvalue weighted by Gasteiger charge is -2.32. The first-order valence-corrected chi connectivity index (χ1v) is 13.0. The van der Waals surface area contributed by atoms with Crippen molar-refractivity contribution < 1.29 is 14.7 Å². The number of nitrogens with one attached hydrogen (secondary N) is 1. The summed E-state index contributed by atoms with van der Waals surface area (Å²) in [7, 11) is 1.74. The van der Waals surface area contributed by atoms with Crippen molar-refractivity contribution in [3.8, 4) is 0 Å². The number of amides is 2. The van der Waals surface area contributed by atoms with Gasteiger partial charge in [0.15, 0.2) is 0 Å². The predicted molar refractivity (Wildman–Crippen MR) is 149 cm³/mol. The Balaban J connectivity index is 1.59. The van der Waals surface area contributed by atoms with E-state index in [9.17, 15) is 14.7 Å². The largest absolute Gasteiger partial charge is 0.388 e. The zero-order valence-corrected chi connectivity index (χ0v) is 22.6. The Morgan fingerprint density at radius 3 is 2.36 bits per heavy atom. The number of pyridine rings is 1. The fourth-order valence-corrected chi connectivity index (χ4v) is 5.13. The second-order valence-electron chi connectivity index (χ2n) is 11.0. The molecule has 39 heavy (non-hydrogen) atoms. The number of aliphatic hydroxyl groups excluding tert-OH is 1. The molecule has 1 unspecified atom stereocenters. The van der Waals surface area contributed by atoms with Gasteiger partial charge in [-0.2, -0.15) is 5.10 Å². The Hall–Kier alpha value is -4.30. The second kappa shape index (κ2) is 10.5. The van der Waals surface area contributed by atoms with Gasteiger partial charge >= 0.3 is 0 Å². The van der Waals surface area contributed by atoms with E-state index in [0.717, 1.165) is 16.7 Å². The van der Waals surface area contributed by atoms with Crippen LogP contribution in [0, 0.1) is 0 Å². The monoisotopic (exact) mass is 523 g/mol. The van der Waals surface area contributed by atoms with Crippen molar-refractivity contribution in [2.75, 3.05) is 4.90 Å². The Bertz CT molecular complexity index is 1470. The molecule has 1 aliphatic rings. The third kappa shape index (κ3) is 5.33. The number of aryl methyl sites for hydroxylation is 1. The van der Waals surface area contributed by atoms with Crippen molar-refractivity contribution in [3.05, 3.63) is 113 Å². The van der Waals surface area contributed by atoms with Crippen LogP contribution in [0.15, 0.2) is 85.5 Å². The number of carbonyl (C=O) groups excluding carboxylic acids is 2. The molecule has 0 bridgehead atoms. The van der Waals surface area contributed by atoms with Crippen LogP contribution in [-0.4, -0.2) is 31.7 Å². The van der Waals surface area contributed by atoms with E-state index in [1.807, 2.05) is 48.5 Å². The summed E-state index contributed by atoms with van der Waals surface area (Å²) in [6.45, 7) is 6.38. The molecule has 8 nitrogen and oxygen atoms in total. The van der Waals surface area contributed by atoms with Gasteiger partial charge in [0.25, 0.3) is 5.91 Å². The maximum absolute atomic E-state index is 14.2. The third-order valence-corrected chi connectivity index (χ3v) is 7.19. The molecule has 0 saturated carbocycles. The van der Waals surface area contributed by atoms with Crippen molar-refractivity contribution in [1.82, 2.24) is 20.1 Å². The molecule has 4 aromatic rings. The summed E-state index contributed by atoms with van der Waals surface area (Å²) in [5, 5.41) is 17.9. The van der Waals surface area contributed by atoms with E-state index in [-0.39, 0.29) is 23.3 Å². The van der Waals surface area contributed by atoms with Crippen LogP contribution in [0.25, 0.3) is 0 Å². The third-order valence-electron chi connectivity index (χ3n) is 7.19. The second-order valence-corrected chi connectivity index (χ2v) is 11.0. The van der Waals surface area contributed by atoms with Crippen LogP contribution in [0.2, 0.25) is 0 Å². The van der Waals surface area contributed by atoms with Crippen molar-refractivity contribution in [2.24, 2.45) is 7.05 Å². The Labute approximate surface area is 228 Å². The van der Waals surface area contributed by atoms with Crippen LogP contribution in [0.3, 0.4) is 0 Å². The zero-order valence-electron chi connectivity index (χ0n) is 22.6. The van der Waals surface area contributed by atoms with Crippen molar-refractivity contribution in [1.29, 1.82) is 0 Å². The molecule has 200 valence electrons. The highest BCUT2D eigenvalue weighted by molar-refractivity contribution is 6.10. The quantitative estimate of drug-likeness (QED) is 0.378. The fourth-order valence-electron chi connectivity index (χ4n) is 5.13. The molecule has 0 fully saturated rings. The topological polar surface area (TPSA) is 100 Å². The maximum Gasteiger partial charge on any atom is 0.262 e. The highest BCUT2D eigenvalue weighted by Gasteiger charge is 2.37. The molecule has 5 rings (SSSR count). The fraction of sp³-hybridized carbons (Fsp3) is 0.290. The molecular weight excluding hydrogens is 490 g/mol. The van der Waals surface area contributed by atoms with Gasteiger partial charge in [-0.3, -0.25) is 24.2 Å². The maximum atomic E-state index is 14.2. The lowest BCUT2D eigenvalue weighted by molar-refractivity contribution is -0.123. The van der Waals surface area contributed by atoms with Crippen molar-refractivity contribution in [3.63, 3.8) is 0 Å². The van der Waals surface area contributed by atoms with Crippen LogP contribution in [0.1, 0.15) is 78.0 Å². The van der Waals surface area contributed by atoms with E-state index in [0.29, 0.717) is 23.2 Å². The highest BCUT2D eigenvalue weighted by Crippen LogP contribution is 2.39. The average molecular weight is 524 g/mol. The van der Waals surface area contributed by atoms with Gasteiger partial charge in [0.1, 0.15) is 6.04 Å². The summed E-state index contributed by atoms with van der Waals surface area (Å²) < 4.78 is 1.56. The minimum absolute atomic E-state index is 0.0758. The standard InChI is InChI=1S/C31H33N5O3/c1-31(2,3)22-11-13-23(14-12-22)36(30(39)21-18-33-35(4)19-21)28(20-8-7-15-32-17-20)29(38)34-26-16-27(37)25-10-6-5-9-24(25)26/h5-15,17-19,26-28,37H,16H2,1-4H3,(H,34,38)/t26-,27+,28?/m0/s1. The molecule has 0 saturated heterocycles. The number of hydrogen-bond acceptors (Lipinski definition) is 5. The molecular formula is C31H33N5O3. The number of carbonyl (C=O) groups is 2. The SMILES string of the molecule is Cn1cc(C(=O)N(c2ccc(C(C)(C)C)cc2)C(C(=O)N[C@H]2C[C@@H](O)c3ccccc32)c2cccnc2)cn1. The van der Waals surface area contributed by atoms with Crippen LogP contribution in [0.4, 0.5) is 5.69 Å². The van der Waals surface area contributed by atoms with Gasteiger partial charge in [-0.15, -0.1) is 0 Å². The first kappa shape index (κ1) is 26.3. The van der Waals surface area contributed by atoms with Crippen LogP contribution in [-0.2, 0) is 17.3 Å². The molecule has 3 atom stereocenters. The number of fused-ring (bicyclic) bond motifs is 1. The molecule has 0 spiro atoms. The molecule has 0 aliphatic heterocycles. The molecule has 2 aromatic heterocycles. The van der Waals surface area contributed by atoms with E-state index in [2.05, 4.69) is 36.2 Å². The predicted octanol–water partition coefficient (Wildman–Crippen LogP) is 4.80. The van der Waals surface area contributed by atoms with E-state index < -0.39 is 12.1 Å². The van der Waals surface area contributed by atoms with Crippen molar-refractivity contribution >= 4 is 17.5 Å². The minimum Gasteiger partial charge on any atom is -0.388 e. The summed E-state index contributed by atoms with van der Waals surface area (Å²) in [6.07, 6.45) is 6.08. The summed E-state index contributed by atoms with van der Waals surface area (Å²) >= 11 is 0. The minimum atomic E-state index is -1.02. The van der Waals surface area contributed by atoms with Gasteiger partial charge in [-0.25, -0.2) is 0 Å². The Kier molecular flexibility index (Phi) is 7.06. The first-order valence-electron chi connectivity index (χ1n) is 13.0. The van der Waals surface area contributed by atoms with Crippen LogP contribution in [0.5, 0.6) is 0 Å². The number of rotatable bonds is 6. The summed E-state index contributed by atoms with van der Waals surface area (Å²) in [4.78, 5) is 34.0. The van der Waals surface area contributed by atoms with E-state index in [1.165, 1.54) is 11.1 Å². The van der Waals surface area contributed by atoms with Crippen LogP contribution >= 0.6 is 0 Å². The summed E-state index contributed by atoms with van der Waals surface area (Å²) in [5.74, 6) is -0.725. The molecule has 8 heteroatoms. The number of anilines is 1. The van der Waals surface area contributed by atoms with Gasteiger partial charge < -0.3 is 10.4 Å². The van der Waals surface area contributed by atoms with Gasteiger partial charge in [0.05, 0.1) is 23.9 Å². The Morgan fingerprint density at radius 2 is 1.74 bits per heavy atom. The van der Waals surface area contributed by atoms with Gasteiger partial charge in [0.2, 0.25) is 5.91 Å². The highest BCUT2D eigenvalue weighted by atomic mass is 16.3. The molecule has 2 aromatic carbocycles. The number of aliphatic hydroxyl groups is 1.